The van der Waals surface area contributed by atoms with Crippen LogP contribution in [0.4, 0.5) is 4.79 Å². The van der Waals surface area contributed by atoms with Gasteiger partial charge in [0.25, 0.3) is 0 Å². The highest BCUT2D eigenvalue weighted by Gasteiger charge is 2.07. The van der Waals surface area contributed by atoms with E-state index in [0.717, 1.165) is 17.8 Å². The maximum absolute atomic E-state index is 8.56. The average Bonchev–Trinajstić information content (AvgIpc) is 2.34. The van der Waals surface area contributed by atoms with Crippen LogP contribution in [0.5, 0.6) is 0 Å². The number of aromatic nitrogens is 2. The molecule has 0 radical (unpaired) electrons. The van der Waals surface area contributed by atoms with Crippen molar-refractivity contribution in [1.82, 2.24) is 9.97 Å². The highest BCUT2D eigenvalue weighted by molar-refractivity contribution is 7.80. The fourth-order valence-corrected chi connectivity index (χ4v) is 2.08. The zero-order chi connectivity index (χ0) is 15.1. The van der Waals surface area contributed by atoms with E-state index >= 15 is 0 Å². The van der Waals surface area contributed by atoms with E-state index in [1.165, 1.54) is 11.1 Å². The SMILES string of the molecule is Cc1nc(S)nc(C)c1Cc1ccccc1.O=C(O)O. The molecular weight excluding hydrogens is 276 g/mol. The molecule has 0 bridgehead atoms. The van der Waals surface area contributed by atoms with Crippen LogP contribution in [0.15, 0.2) is 35.5 Å². The fourth-order valence-electron chi connectivity index (χ4n) is 1.78. The van der Waals surface area contributed by atoms with E-state index in [-0.39, 0.29) is 0 Å². The molecule has 0 spiro atoms. The van der Waals surface area contributed by atoms with Gasteiger partial charge >= 0.3 is 6.16 Å². The van der Waals surface area contributed by atoms with Crippen molar-refractivity contribution in [3.05, 3.63) is 52.8 Å². The summed E-state index contributed by atoms with van der Waals surface area (Å²) in [4.78, 5) is 17.1. The molecule has 0 saturated heterocycles. The number of hydrogen-bond donors (Lipinski definition) is 3. The van der Waals surface area contributed by atoms with Crippen LogP contribution in [-0.2, 0) is 6.42 Å². The van der Waals surface area contributed by atoms with Gasteiger partial charge in [-0.25, -0.2) is 14.8 Å². The number of thiol groups is 1. The summed E-state index contributed by atoms with van der Waals surface area (Å²) in [7, 11) is 0. The van der Waals surface area contributed by atoms with Crippen molar-refractivity contribution < 1.29 is 15.0 Å². The van der Waals surface area contributed by atoms with Gasteiger partial charge < -0.3 is 10.2 Å². The van der Waals surface area contributed by atoms with Crippen molar-refractivity contribution in [2.75, 3.05) is 0 Å². The van der Waals surface area contributed by atoms with E-state index in [1.807, 2.05) is 32.0 Å². The minimum atomic E-state index is -1.83. The van der Waals surface area contributed by atoms with Gasteiger partial charge in [0.05, 0.1) is 0 Å². The molecule has 0 aliphatic rings. The van der Waals surface area contributed by atoms with Gasteiger partial charge in [-0.05, 0) is 25.0 Å². The normalized spacial score (nSPS) is 9.55. The third-order valence-electron chi connectivity index (χ3n) is 2.63. The van der Waals surface area contributed by atoms with Crippen molar-refractivity contribution >= 4 is 18.8 Å². The first-order valence-electron chi connectivity index (χ1n) is 5.89. The van der Waals surface area contributed by atoms with Gasteiger partial charge in [0, 0.05) is 17.8 Å². The summed E-state index contributed by atoms with van der Waals surface area (Å²) in [6, 6.07) is 10.4. The predicted molar refractivity (Wildman–Crippen MR) is 78.7 cm³/mol. The molecule has 0 aliphatic heterocycles. The number of rotatable bonds is 2. The Balaban J connectivity index is 0.000000444. The molecule has 2 N–H and O–H groups in total. The molecule has 0 aliphatic carbocycles. The Labute approximate surface area is 122 Å². The maximum Gasteiger partial charge on any atom is 0.503 e. The lowest BCUT2D eigenvalue weighted by Gasteiger charge is -2.09. The Morgan fingerprint density at radius 3 is 2.00 bits per heavy atom. The van der Waals surface area contributed by atoms with Crippen molar-refractivity contribution in [2.45, 2.75) is 25.4 Å². The molecule has 2 aromatic rings. The van der Waals surface area contributed by atoms with Crippen LogP contribution in [0.2, 0.25) is 0 Å². The monoisotopic (exact) mass is 292 g/mol. The summed E-state index contributed by atoms with van der Waals surface area (Å²) >= 11 is 4.18. The van der Waals surface area contributed by atoms with Crippen molar-refractivity contribution in [3.8, 4) is 0 Å². The lowest BCUT2D eigenvalue weighted by molar-refractivity contribution is 0.137. The van der Waals surface area contributed by atoms with Gasteiger partial charge in [0.2, 0.25) is 0 Å². The predicted octanol–water partition coefficient (Wildman–Crippen LogP) is 3.20. The van der Waals surface area contributed by atoms with Gasteiger partial charge in [-0.2, -0.15) is 0 Å². The Kier molecular flexibility index (Phi) is 5.99. The minimum absolute atomic E-state index is 0.548. The van der Waals surface area contributed by atoms with Crippen LogP contribution in [0, 0.1) is 13.8 Å². The number of aryl methyl sites for hydroxylation is 2. The highest BCUT2D eigenvalue weighted by atomic mass is 32.1. The molecule has 20 heavy (non-hydrogen) atoms. The van der Waals surface area contributed by atoms with E-state index in [2.05, 4.69) is 34.7 Å². The molecule has 5 nitrogen and oxygen atoms in total. The molecular formula is C14H16N2O3S. The van der Waals surface area contributed by atoms with E-state index < -0.39 is 6.16 Å². The summed E-state index contributed by atoms with van der Waals surface area (Å²) in [5.41, 5.74) is 4.51. The molecule has 1 heterocycles. The number of carboxylic acid groups (broad SMARTS) is 2. The van der Waals surface area contributed by atoms with Crippen molar-refractivity contribution in [2.24, 2.45) is 0 Å². The van der Waals surface area contributed by atoms with Crippen LogP contribution < -0.4 is 0 Å². The molecule has 6 heteroatoms. The standard InChI is InChI=1S/C13H14N2S.CH2O3/c1-9-12(10(2)15-13(16)14-9)8-11-6-4-3-5-7-11;2-1(3)4/h3-7H,8H2,1-2H3,(H,14,15,16);(H2,2,3,4). The third kappa shape index (κ3) is 5.27. The van der Waals surface area contributed by atoms with E-state index in [1.54, 1.807) is 0 Å². The van der Waals surface area contributed by atoms with Crippen LogP contribution in [0.25, 0.3) is 0 Å². The fraction of sp³-hybridized carbons (Fsp3) is 0.214. The second kappa shape index (κ2) is 7.49. The van der Waals surface area contributed by atoms with Crippen LogP contribution in [-0.4, -0.2) is 26.3 Å². The molecule has 1 aromatic heterocycles. The Morgan fingerprint density at radius 2 is 1.55 bits per heavy atom. The molecule has 1 aromatic carbocycles. The van der Waals surface area contributed by atoms with Gasteiger partial charge in [0.15, 0.2) is 5.16 Å². The number of hydrogen-bond acceptors (Lipinski definition) is 4. The van der Waals surface area contributed by atoms with Gasteiger partial charge in [-0.3, -0.25) is 0 Å². The van der Waals surface area contributed by atoms with Gasteiger partial charge in [0.1, 0.15) is 0 Å². The second-order valence-corrected chi connectivity index (χ2v) is 4.52. The van der Waals surface area contributed by atoms with E-state index in [0.29, 0.717) is 5.16 Å². The number of benzene rings is 1. The first-order chi connectivity index (χ1) is 9.40. The summed E-state index contributed by atoms with van der Waals surface area (Å²) in [5, 5.41) is 14.5. The molecule has 106 valence electrons. The summed E-state index contributed by atoms with van der Waals surface area (Å²) in [5.74, 6) is 0. The Hall–Kier alpha value is -2.08. The first-order valence-corrected chi connectivity index (χ1v) is 6.33. The zero-order valence-electron chi connectivity index (χ0n) is 11.2. The largest absolute Gasteiger partial charge is 0.503 e. The number of nitrogens with zero attached hydrogens (tertiary/aromatic N) is 2. The lowest BCUT2D eigenvalue weighted by Crippen LogP contribution is -2.02. The van der Waals surface area contributed by atoms with Crippen molar-refractivity contribution in [3.63, 3.8) is 0 Å². The molecule has 0 amide bonds. The minimum Gasteiger partial charge on any atom is -0.450 e. The van der Waals surface area contributed by atoms with Crippen molar-refractivity contribution in [1.29, 1.82) is 0 Å². The van der Waals surface area contributed by atoms with E-state index in [4.69, 9.17) is 15.0 Å². The quantitative estimate of drug-likeness (QED) is 0.585. The summed E-state index contributed by atoms with van der Waals surface area (Å²) < 4.78 is 0. The molecule has 0 saturated carbocycles. The van der Waals surface area contributed by atoms with Gasteiger partial charge in [-0.15, -0.1) is 12.6 Å². The topological polar surface area (TPSA) is 83.3 Å². The molecule has 0 unspecified atom stereocenters. The van der Waals surface area contributed by atoms with E-state index in [9.17, 15) is 0 Å². The lowest BCUT2D eigenvalue weighted by atomic mass is 10.0. The first kappa shape index (κ1) is 16.0. The number of carbonyl (C=O) groups is 1. The molecule has 2 rings (SSSR count). The van der Waals surface area contributed by atoms with Crippen LogP contribution in [0.3, 0.4) is 0 Å². The maximum atomic E-state index is 8.56. The van der Waals surface area contributed by atoms with Crippen LogP contribution in [0.1, 0.15) is 22.5 Å². The van der Waals surface area contributed by atoms with Gasteiger partial charge in [-0.1, -0.05) is 30.3 Å². The van der Waals surface area contributed by atoms with Crippen LogP contribution >= 0.6 is 12.6 Å². The third-order valence-corrected chi connectivity index (χ3v) is 2.83. The zero-order valence-corrected chi connectivity index (χ0v) is 12.1. The Bertz CT molecular complexity index is 561. The molecule has 0 atom stereocenters. The summed E-state index contributed by atoms with van der Waals surface area (Å²) in [6.07, 6.45) is -0.952. The smallest absolute Gasteiger partial charge is 0.450 e. The molecule has 0 fully saturated rings. The summed E-state index contributed by atoms with van der Waals surface area (Å²) in [6.45, 7) is 4.01. The second-order valence-electron chi connectivity index (χ2n) is 4.12. The Morgan fingerprint density at radius 1 is 1.10 bits per heavy atom. The highest BCUT2D eigenvalue weighted by Crippen LogP contribution is 2.16. The average molecular weight is 292 g/mol.